The van der Waals surface area contributed by atoms with E-state index in [4.69, 9.17) is 11.6 Å². The maximum Gasteiger partial charge on any atom is 0.325 e. The number of anilines is 1. The number of nitrogens with zero attached hydrogens (tertiary/aromatic N) is 1. The lowest BCUT2D eigenvalue weighted by atomic mass is 9.87. The van der Waals surface area contributed by atoms with Gasteiger partial charge in [-0.3, -0.25) is 14.5 Å². The summed E-state index contributed by atoms with van der Waals surface area (Å²) >= 11 is 8.08. The predicted molar refractivity (Wildman–Crippen MR) is 111 cm³/mol. The quantitative estimate of drug-likeness (QED) is 0.488. The van der Waals surface area contributed by atoms with Gasteiger partial charge < -0.3 is 10.6 Å². The highest BCUT2D eigenvalue weighted by Crippen LogP contribution is 2.33. The minimum atomic E-state index is -1.19. The van der Waals surface area contributed by atoms with Crippen molar-refractivity contribution in [3.63, 3.8) is 0 Å². The van der Waals surface area contributed by atoms with Crippen molar-refractivity contribution in [3.05, 3.63) is 62.7 Å². The van der Waals surface area contributed by atoms with Crippen LogP contribution in [0, 0.1) is 3.57 Å². The molecule has 1 saturated heterocycles. The lowest BCUT2D eigenvalue weighted by Crippen LogP contribution is -2.44. The van der Waals surface area contributed by atoms with Crippen LogP contribution in [0.2, 0.25) is 5.02 Å². The second-order valence-corrected chi connectivity index (χ2v) is 7.82. The summed E-state index contributed by atoms with van der Waals surface area (Å²) in [5.74, 6) is -0.891. The molecule has 6 nitrogen and oxygen atoms in total. The third-order valence-corrected chi connectivity index (χ3v) is 5.44. The van der Waals surface area contributed by atoms with Gasteiger partial charge in [-0.1, -0.05) is 30.7 Å². The second-order valence-electron chi connectivity index (χ2n) is 6.14. The van der Waals surface area contributed by atoms with Crippen LogP contribution in [0.4, 0.5) is 10.5 Å². The molecule has 27 heavy (non-hydrogen) atoms. The van der Waals surface area contributed by atoms with Crippen molar-refractivity contribution in [2.75, 3.05) is 11.9 Å². The summed E-state index contributed by atoms with van der Waals surface area (Å²) in [4.78, 5) is 38.7. The second kappa shape index (κ2) is 7.85. The van der Waals surface area contributed by atoms with Crippen molar-refractivity contribution in [1.82, 2.24) is 10.2 Å². The highest BCUT2D eigenvalue weighted by molar-refractivity contribution is 14.1. The minimum absolute atomic E-state index is 0.355. The normalized spacial score (nSPS) is 19.1. The molecule has 0 bridgehead atoms. The molecule has 2 aromatic rings. The highest BCUT2D eigenvalue weighted by Gasteiger charge is 2.51. The van der Waals surface area contributed by atoms with E-state index in [0.717, 1.165) is 8.47 Å². The average molecular weight is 498 g/mol. The standard InChI is InChI=1S/C19H17ClIN3O3/c1-2-19(12-3-5-13(20)6-4-12)17(26)24(18(27)23-19)11-16(25)22-15-9-7-14(21)8-10-15/h3-10H,2,11H2,1H3,(H,22,25)(H,23,27). The molecule has 0 saturated carbocycles. The van der Waals surface area contributed by atoms with Gasteiger partial charge in [0, 0.05) is 14.3 Å². The Hall–Kier alpha value is -2.13. The molecule has 1 heterocycles. The van der Waals surface area contributed by atoms with E-state index in [1.807, 2.05) is 19.1 Å². The summed E-state index contributed by atoms with van der Waals surface area (Å²) in [5.41, 5.74) is 0.0466. The van der Waals surface area contributed by atoms with E-state index >= 15 is 0 Å². The first-order chi connectivity index (χ1) is 12.9. The first-order valence-electron chi connectivity index (χ1n) is 8.31. The molecule has 4 amide bonds. The van der Waals surface area contributed by atoms with Gasteiger partial charge in [0.15, 0.2) is 0 Å². The number of carbonyl (C=O) groups excluding carboxylic acids is 3. The number of carbonyl (C=O) groups is 3. The summed E-state index contributed by atoms with van der Waals surface area (Å²) in [6.07, 6.45) is 0.356. The van der Waals surface area contributed by atoms with E-state index in [1.54, 1.807) is 36.4 Å². The molecule has 8 heteroatoms. The fourth-order valence-corrected chi connectivity index (χ4v) is 3.51. The number of halogens is 2. The van der Waals surface area contributed by atoms with E-state index in [-0.39, 0.29) is 6.54 Å². The summed E-state index contributed by atoms with van der Waals surface area (Å²) in [6.45, 7) is 1.45. The maximum atomic E-state index is 13.0. The molecular formula is C19H17ClIN3O3. The van der Waals surface area contributed by atoms with E-state index in [2.05, 4.69) is 33.2 Å². The van der Waals surface area contributed by atoms with Crippen LogP contribution in [0.25, 0.3) is 0 Å². The van der Waals surface area contributed by atoms with Gasteiger partial charge in [0.2, 0.25) is 5.91 Å². The Balaban J connectivity index is 1.77. The first-order valence-corrected chi connectivity index (χ1v) is 9.77. The molecule has 1 aliphatic rings. The zero-order valence-electron chi connectivity index (χ0n) is 14.5. The van der Waals surface area contributed by atoms with Gasteiger partial charge in [0.25, 0.3) is 5.91 Å². The Morgan fingerprint density at radius 1 is 1.15 bits per heavy atom. The Morgan fingerprint density at radius 3 is 2.37 bits per heavy atom. The van der Waals surface area contributed by atoms with Crippen LogP contribution in [-0.2, 0) is 15.1 Å². The zero-order chi connectivity index (χ0) is 19.6. The molecule has 3 rings (SSSR count). The summed E-state index contributed by atoms with van der Waals surface area (Å²) < 4.78 is 1.04. The first kappa shape index (κ1) is 19.6. The van der Waals surface area contributed by atoms with Gasteiger partial charge in [-0.2, -0.15) is 0 Å². The smallest absolute Gasteiger partial charge is 0.325 e. The number of amides is 4. The lowest BCUT2D eigenvalue weighted by molar-refractivity contribution is -0.134. The van der Waals surface area contributed by atoms with Crippen LogP contribution in [0.1, 0.15) is 18.9 Å². The molecule has 2 N–H and O–H groups in total. The van der Waals surface area contributed by atoms with Crippen LogP contribution in [0.3, 0.4) is 0 Å². The third kappa shape index (κ3) is 3.93. The minimum Gasteiger partial charge on any atom is -0.325 e. The fraction of sp³-hybridized carbons (Fsp3) is 0.211. The molecule has 2 aromatic carbocycles. The highest BCUT2D eigenvalue weighted by atomic mass is 127. The predicted octanol–water partition coefficient (Wildman–Crippen LogP) is 3.74. The number of benzene rings is 2. The number of nitrogens with one attached hydrogen (secondary N) is 2. The third-order valence-electron chi connectivity index (χ3n) is 4.47. The zero-order valence-corrected chi connectivity index (χ0v) is 17.4. The molecule has 1 fully saturated rings. The Bertz CT molecular complexity index is 886. The molecule has 0 aliphatic carbocycles. The molecule has 1 unspecified atom stereocenters. The van der Waals surface area contributed by atoms with Gasteiger partial charge >= 0.3 is 6.03 Å². The van der Waals surface area contributed by atoms with Gasteiger partial charge in [0.1, 0.15) is 12.1 Å². The van der Waals surface area contributed by atoms with Crippen LogP contribution in [0.5, 0.6) is 0 Å². The average Bonchev–Trinajstić information content (AvgIpc) is 2.89. The van der Waals surface area contributed by atoms with Crippen LogP contribution in [0.15, 0.2) is 48.5 Å². The van der Waals surface area contributed by atoms with Crippen molar-refractivity contribution in [2.45, 2.75) is 18.9 Å². The number of imide groups is 1. The van der Waals surface area contributed by atoms with Gasteiger partial charge in [-0.15, -0.1) is 0 Å². The molecule has 0 radical (unpaired) electrons. The van der Waals surface area contributed by atoms with Crippen molar-refractivity contribution in [3.8, 4) is 0 Å². The van der Waals surface area contributed by atoms with E-state index in [0.29, 0.717) is 22.7 Å². The Labute approximate surface area is 175 Å². The Morgan fingerprint density at radius 2 is 1.78 bits per heavy atom. The number of hydrogen-bond acceptors (Lipinski definition) is 3. The van der Waals surface area contributed by atoms with Crippen molar-refractivity contribution >= 4 is 57.7 Å². The molecular weight excluding hydrogens is 481 g/mol. The maximum absolute atomic E-state index is 13.0. The van der Waals surface area contributed by atoms with Crippen molar-refractivity contribution < 1.29 is 14.4 Å². The monoisotopic (exact) mass is 497 g/mol. The molecule has 0 aromatic heterocycles. The van der Waals surface area contributed by atoms with E-state index in [1.165, 1.54) is 0 Å². The van der Waals surface area contributed by atoms with Crippen molar-refractivity contribution in [2.24, 2.45) is 0 Å². The Kier molecular flexibility index (Phi) is 5.71. The van der Waals surface area contributed by atoms with Gasteiger partial charge in [-0.05, 0) is 71.0 Å². The van der Waals surface area contributed by atoms with Gasteiger partial charge in [-0.25, -0.2) is 4.79 Å². The largest absolute Gasteiger partial charge is 0.325 e. The molecule has 0 spiro atoms. The van der Waals surface area contributed by atoms with Crippen molar-refractivity contribution in [1.29, 1.82) is 0 Å². The molecule has 140 valence electrons. The number of rotatable bonds is 5. The fourth-order valence-electron chi connectivity index (χ4n) is 3.02. The van der Waals surface area contributed by atoms with Gasteiger partial charge in [0.05, 0.1) is 0 Å². The van der Waals surface area contributed by atoms with E-state index in [9.17, 15) is 14.4 Å². The molecule has 1 aliphatic heterocycles. The van der Waals surface area contributed by atoms with Crippen LogP contribution < -0.4 is 10.6 Å². The summed E-state index contributed by atoms with van der Waals surface area (Å²) in [7, 11) is 0. The van der Waals surface area contributed by atoms with E-state index < -0.39 is 23.4 Å². The SMILES string of the molecule is CCC1(c2ccc(Cl)cc2)NC(=O)N(CC(=O)Nc2ccc(I)cc2)C1=O. The number of hydrogen-bond donors (Lipinski definition) is 2. The lowest BCUT2D eigenvalue weighted by Gasteiger charge is -2.25. The summed E-state index contributed by atoms with van der Waals surface area (Å²) in [6, 6.07) is 13.4. The number of urea groups is 1. The molecule has 1 atom stereocenters. The van der Waals surface area contributed by atoms with Crippen LogP contribution >= 0.6 is 34.2 Å². The topological polar surface area (TPSA) is 78.5 Å². The van der Waals surface area contributed by atoms with Crippen LogP contribution in [-0.4, -0.2) is 29.3 Å². The summed E-state index contributed by atoms with van der Waals surface area (Å²) in [5, 5.41) is 5.98.